The highest BCUT2D eigenvalue weighted by Gasteiger charge is 2.24. The van der Waals surface area contributed by atoms with Crippen molar-refractivity contribution in [2.24, 2.45) is 7.05 Å². The van der Waals surface area contributed by atoms with Crippen LogP contribution < -0.4 is 10.9 Å². The Kier molecular flexibility index (Phi) is 5.76. The molecule has 164 valence electrons. The lowest BCUT2D eigenvalue weighted by molar-refractivity contribution is 0.102. The van der Waals surface area contributed by atoms with E-state index in [0.29, 0.717) is 23.6 Å². The molecule has 0 aliphatic heterocycles. The fourth-order valence-corrected chi connectivity index (χ4v) is 3.99. The van der Waals surface area contributed by atoms with Crippen LogP contribution >= 0.6 is 11.6 Å². The lowest BCUT2D eigenvalue weighted by Gasteiger charge is -2.07. The summed E-state index contributed by atoms with van der Waals surface area (Å²) in [6.45, 7) is 5.98. The number of rotatable bonds is 5. The number of anilines is 1. The minimum absolute atomic E-state index is 0.211. The average molecular weight is 450 g/mol. The van der Waals surface area contributed by atoms with Gasteiger partial charge in [0, 0.05) is 7.05 Å². The molecule has 0 bridgehead atoms. The molecule has 8 heteroatoms. The summed E-state index contributed by atoms with van der Waals surface area (Å²) in [6, 6.07) is 17.3. The summed E-state index contributed by atoms with van der Waals surface area (Å²) >= 11 is 6.53. The molecule has 0 unspecified atom stereocenters. The van der Waals surface area contributed by atoms with E-state index in [9.17, 15) is 9.59 Å². The lowest BCUT2D eigenvalue weighted by atomic mass is 10.1. The molecule has 0 fully saturated rings. The second-order valence-electron chi connectivity index (χ2n) is 7.79. The quantitative estimate of drug-likeness (QED) is 0.495. The van der Waals surface area contributed by atoms with Crippen LogP contribution in [0.1, 0.15) is 32.9 Å². The number of nitrogens with zero attached hydrogens (tertiary/aromatic N) is 4. The smallest absolute Gasteiger partial charge is 0.295 e. The number of aromatic nitrogens is 4. The standard InChI is InChI=1S/C24H24ClN5O2/c1-15-10-12-18(13-11-15)14-29-22(25)20(16(2)27-29)23(31)26-21-17(3)28(4)30(24(21)32)19-8-6-5-7-9-19/h5-13H,14H2,1-4H3,(H,26,31). The van der Waals surface area contributed by atoms with E-state index in [-0.39, 0.29) is 22.0 Å². The molecule has 7 nitrogen and oxygen atoms in total. The van der Waals surface area contributed by atoms with Gasteiger partial charge in [-0.3, -0.25) is 14.3 Å². The van der Waals surface area contributed by atoms with Crippen LogP contribution in [0.4, 0.5) is 5.69 Å². The topological polar surface area (TPSA) is 73.8 Å². The Balaban J connectivity index is 1.65. The van der Waals surface area contributed by atoms with Crippen LogP contribution in [-0.2, 0) is 13.6 Å². The van der Waals surface area contributed by atoms with E-state index < -0.39 is 5.91 Å². The summed E-state index contributed by atoms with van der Waals surface area (Å²) in [7, 11) is 1.78. The monoisotopic (exact) mass is 449 g/mol. The van der Waals surface area contributed by atoms with Gasteiger partial charge in [-0.25, -0.2) is 9.36 Å². The van der Waals surface area contributed by atoms with E-state index in [1.165, 1.54) is 4.68 Å². The van der Waals surface area contributed by atoms with Crippen molar-refractivity contribution in [3.8, 4) is 5.69 Å². The summed E-state index contributed by atoms with van der Waals surface area (Å²) in [5.74, 6) is -0.464. The van der Waals surface area contributed by atoms with E-state index in [4.69, 9.17) is 11.6 Å². The zero-order valence-corrected chi connectivity index (χ0v) is 19.1. The molecule has 2 aromatic heterocycles. The number of aryl methyl sites for hydroxylation is 2. The summed E-state index contributed by atoms with van der Waals surface area (Å²) in [6.07, 6.45) is 0. The number of hydrogen-bond donors (Lipinski definition) is 1. The summed E-state index contributed by atoms with van der Waals surface area (Å²) in [4.78, 5) is 26.2. The average Bonchev–Trinajstić information content (AvgIpc) is 3.17. The second kappa shape index (κ2) is 8.51. The number of nitrogens with one attached hydrogen (secondary N) is 1. The summed E-state index contributed by atoms with van der Waals surface area (Å²) in [5.41, 5.74) is 4.18. The van der Waals surface area contributed by atoms with Crippen molar-refractivity contribution < 1.29 is 4.79 Å². The minimum atomic E-state index is -0.464. The molecular weight excluding hydrogens is 426 g/mol. The Bertz CT molecular complexity index is 1350. The predicted molar refractivity (Wildman–Crippen MR) is 126 cm³/mol. The van der Waals surface area contributed by atoms with Crippen LogP contribution in [-0.4, -0.2) is 25.1 Å². The molecule has 1 N–H and O–H groups in total. The Morgan fingerprint density at radius 2 is 1.69 bits per heavy atom. The van der Waals surface area contributed by atoms with Gasteiger partial charge in [-0.1, -0.05) is 59.6 Å². The number of carbonyl (C=O) groups is 1. The molecule has 4 rings (SSSR count). The summed E-state index contributed by atoms with van der Waals surface area (Å²) in [5, 5.41) is 7.44. The second-order valence-corrected chi connectivity index (χ2v) is 8.14. The number of benzene rings is 2. The molecular formula is C24H24ClN5O2. The number of para-hydroxylation sites is 1. The first-order valence-electron chi connectivity index (χ1n) is 10.2. The maximum Gasteiger partial charge on any atom is 0.295 e. The SMILES string of the molecule is Cc1ccc(Cn2nc(C)c(C(=O)Nc3c(C)n(C)n(-c4ccccc4)c3=O)c2Cl)cc1. The molecule has 1 amide bonds. The number of hydrogen-bond acceptors (Lipinski definition) is 3. The third-order valence-corrected chi connectivity index (χ3v) is 5.92. The Morgan fingerprint density at radius 1 is 1.03 bits per heavy atom. The molecule has 0 aliphatic carbocycles. The summed E-state index contributed by atoms with van der Waals surface area (Å²) < 4.78 is 4.82. The van der Waals surface area contributed by atoms with Gasteiger partial charge >= 0.3 is 0 Å². The number of halogens is 1. The van der Waals surface area contributed by atoms with Gasteiger partial charge in [-0.2, -0.15) is 5.10 Å². The molecule has 2 heterocycles. The van der Waals surface area contributed by atoms with Gasteiger partial charge in [0.05, 0.1) is 29.2 Å². The van der Waals surface area contributed by atoms with Gasteiger partial charge in [0.2, 0.25) is 0 Å². The number of amides is 1. The molecule has 4 aromatic rings. The van der Waals surface area contributed by atoms with Crippen molar-refractivity contribution in [3.05, 3.63) is 98.2 Å². The third-order valence-electron chi connectivity index (χ3n) is 5.54. The van der Waals surface area contributed by atoms with Crippen molar-refractivity contribution in [2.45, 2.75) is 27.3 Å². The Hall–Kier alpha value is -3.58. The van der Waals surface area contributed by atoms with Gasteiger partial charge in [0.15, 0.2) is 0 Å². The van der Waals surface area contributed by atoms with E-state index in [1.807, 2.05) is 61.5 Å². The maximum absolute atomic E-state index is 13.1. The fourth-order valence-electron chi connectivity index (χ4n) is 3.67. The van der Waals surface area contributed by atoms with E-state index >= 15 is 0 Å². The Morgan fingerprint density at radius 3 is 2.34 bits per heavy atom. The van der Waals surface area contributed by atoms with Gasteiger partial charge in [-0.05, 0) is 38.5 Å². The van der Waals surface area contributed by atoms with Crippen LogP contribution in [0.5, 0.6) is 0 Å². The van der Waals surface area contributed by atoms with Crippen molar-refractivity contribution in [2.75, 3.05) is 5.32 Å². The molecule has 32 heavy (non-hydrogen) atoms. The molecule has 0 saturated heterocycles. The predicted octanol–water partition coefficient (Wildman–Crippen LogP) is 4.25. The van der Waals surface area contributed by atoms with Gasteiger partial charge in [0.25, 0.3) is 11.5 Å². The molecule has 2 aromatic carbocycles. The number of carbonyl (C=O) groups excluding carboxylic acids is 1. The molecule has 0 aliphatic rings. The first-order valence-corrected chi connectivity index (χ1v) is 10.6. The fraction of sp³-hybridized carbons (Fsp3) is 0.208. The normalized spacial score (nSPS) is 11.0. The van der Waals surface area contributed by atoms with Crippen molar-refractivity contribution in [3.63, 3.8) is 0 Å². The highest BCUT2D eigenvalue weighted by atomic mass is 35.5. The molecule has 0 radical (unpaired) electrons. The zero-order chi connectivity index (χ0) is 23.0. The molecule has 0 saturated carbocycles. The van der Waals surface area contributed by atoms with Crippen molar-refractivity contribution in [1.29, 1.82) is 0 Å². The third kappa shape index (κ3) is 3.87. The van der Waals surface area contributed by atoms with E-state index in [2.05, 4.69) is 10.4 Å². The van der Waals surface area contributed by atoms with Gasteiger partial charge in [-0.15, -0.1) is 0 Å². The van der Waals surface area contributed by atoms with Crippen LogP contribution in [0.3, 0.4) is 0 Å². The van der Waals surface area contributed by atoms with Crippen molar-refractivity contribution in [1.82, 2.24) is 19.1 Å². The van der Waals surface area contributed by atoms with Gasteiger partial charge in [0.1, 0.15) is 10.8 Å². The van der Waals surface area contributed by atoms with Crippen LogP contribution in [0, 0.1) is 20.8 Å². The first kappa shape index (κ1) is 21.6. The first-order chi connectivity index (χ1) is 15.3. The molecule has 0 atom stereocenters. The lowest BCUT2D eigenvalue weighted by Crippen LogP contribution is -2.23. The van der Waals surface area contributed by atoms with Crippen LogP contribution in [0.25, 0.3) is 5.69 Å². The van der Waals surface area contributed by atoms with Gasteiger partial charge < -0.3 is 5.32 Å². The Labute approximate surface area is 190 Å². The highest BCUT2D eigenvalue weighted by molar-refractivity contribution is 6.33. The molecule has 0 spiro atoms. The van der Waals surface area contributed by atoms with Crippen LogP contribution in [0.2, 0.25) is 5.15 Å². The largest absolute Gasteiger partial charge is 0.316 e. The van der Waals surface area contributed by atoms with E-state index in [0.717, 1.165) is 11.1 Å². The van der Waals surface area contributed by atoms with Crippen LogP contribution in [0.15, 0.2) is 59.4 Å². The van der Waals surface area contributed by atoms with E-state index in [1.54, 1.807) is 30.3 Å². The van der Waals surface area contributed by atoms with Crippen molar-refractivity contribution >= 4 is 23.2 Å². The zero-order valence-electron chi connectivity index (χ0n) is 18.4. The highest BCUT2D eigenvalue weighted by Crippen LogP contribution is 2.23. The maximum atomic E-state index is 13.1. The minimum Gasteiger partial charge on any atom is -0.316 e.